The number of hydrogen-bond acceptors (Lipinski definition) is 3. The number of carbonyl (C=O) groups excluding carboxylic acids is 1. The summed E-state index contributed by atoms with van der Waals surface area (Å²) >= 11 is 0. The zero-order valence-corrected chi connectivity index (χ0v) is 11.9. The van der Waals surface area contributed by atoms with Crippen molar-refractivity contribution in [3.05, 3.63) is 35.9 Å². The molecule has 0 saturated carbocycles. The Bertz CT molecular complexity index is 346. The van der Waals surface area contributed by atoms with Gasteiger partial charge in [-0.3, -0.25) is 4.79 Å². The molecule has 1 unspecified atom stereocenters. The highest BCUT2D eigenvalue weighted by Gasteiger charge is 2.22. The Kier molecular flexibility index (Phi) is 8.37. The maximum atomic E-state index is 12.2. The highest BCUT2D eigenvalue weighted by Crippen LogP contribution is 2.18. The van der Waals surface area contributed by atoms with Crippen molar-refractivity contribution in [3.63, 3.8) is 0 Å². The number of benzene rings is 1. The lowest BCUT2D eigenvalue weighted by Crippen LogP contribution is -2.36. The lowest BCUT2D eigenvalue weighted by atomic mass is 10.1. The molecule has 1 rings (SSSR count). The standard InChI is InChI=1S/C13H20N2O2.ClH/c1-14-9-10-15(2)13(16)12(17-3)11-7-5-4-6-8-11;/h4-8,12,14H,9-10H2,1-3H3;1H. The van der Waals surface area contributed by atoms with Gasteiger partial charge in [0.15, 0.2) is 6.10 Å². The molecule has 1 aromatic carbocycles. The van der Waals surface area contributed by atoms with Gasteiger partial charge in [-0.2, -0.15) is 0 Å². The van der Waals surface area contributed by atoms with Gasteiger partial charge in [-0.25, -0.2) is 0 Å². The van der Waals surface area contributed by atoms with Crippen LogP contribution in [-0.2, 0) is 9.53 Å². The van der Waals surface area contributed by atoms with E-state index in [-0.39, 0.29) is 18.3 Å². The summed E-state index contributed by atoms with van der Waals surface area (Å²) in [6.45, 7) is 1.44. The van der Waals surface area contributed by atoms with E-state index in [0.29, 0.717) is 6.54 Å². The first-order chi connectivity index (χ1) is 8.20. The summed E-state index contributed by atoms with van der Waals surface area (Å²) in [5.74, 6) is -0.0195. The van der Waals surface area contributed by atoms with Crippen LogP contribution in [0.15, 0.2) is 30.3 Å². The Morgan fingerprint density at radius 2 is 2.00 bits per heavy atom. The summed E-state index contributed by atoms with van der Waals surface area (Å²) in [5.41, 5.74) is 0.885. The van der Waals surface area contributed by atoms with Gasteiger partial charge in [0.1, 0.15) is 0 Å². The van der Waals surface area contributed by atoms with Gasteiger partial charge in [0.05, 0.1) is 0 Å². The highest BCUT2D eigenvalue weighted by atomic mass is 35.5. The van der Waals surface area contributed by atoms with Gasteiger partial charge in [0.2, 0.25) is 0 Å². The molecule has 0 aromatic heterocycles. The molecule has 102 valence electrons. The summed E-state index contributed by atoms with van der Waals surface area (Å²) in [6, 6.07) is 9.53. The maximum Gasteiger partial charge on any atom is 0.256 e. The molecular formula is C13H21ClN2O2. The first-order valence-electron chi connectivity index (χ1n) is 5.68. The van der Waals surface area contributed by atoms with Crippen LogP contribution >= 0.6 is 12.4 Å². The molecular weight excluding hydrogens is 252 g/mol. The van der Waals surface area contributed by atoms with Gasteiger partial charge in [0.25, 0.3) is 5.91 Å². The molecule has 0 aliphatic heterocycles. The van der Waals surface area contributed by atoms with E-state index in [4.69, 9.17) is 4.74 Å². The fraction of sp³-hybridized carbons (Fsp3) is 0.462. The van der Waals surface area contributed by atoms with Crippen LogP contribution in [0.2, 0.25) is 0 Å². The molecule has 18 heavy (non-hydrogen) atoms. The highest BCUT2D eigenvalue weighted by molar-refractivity contribution is 5.85. The number of nitrogens with one attached hydrogen (secondary N) is 1. The van der Waals surface area contributed by atoms with Crippen LogP contribution in [0.4, 0.5) is 0 Å². The van der Waals surface area contributed by atoms with Gasteiger partial charge in [-0.05, 0) is 12.6 Å². The normalized spacial score (nSPS) is 11.5. The van der Waals surface area contributed by atoms with Crippen LogP contribution in [0.1, 0.15) is 11.7 Å². The Morgan fingerprint density at radius 3 is 2.50 bits per heavy atom. The quantitative estimate of drug-likeness (QED) is 0.853. The molecule has 0 aliphatic rings. The summed E-state index contributed by atoms with van der Waals surface area (Å²) in [6.07, 6.45) is -0.516. The summed E-state index contributed by atoms with van der Waals surface area (Å²) < 4.78 is 5.29. The minimum absolute atomic E-state index is 0. The van der Waals surface area contributed by atoms with Crippen molar-refractivity contribution >= 4 is 18.3 Å². The predicted octanol–water partition coefficient (Wildman–Crippen LogP) is 1.47. The second-order valence-corrected chi connectivity index (χ2v) is 3.89. The number of halogens is 1. The topological polar surface area (TPSA) is 41.6 Å². The molecule has 1 aromatic rings. The molecule has 1 N–H and O–H groups in total. The predicted molar refractivity (Wildman–Crippen MR) is 75.0 cm³/mol. The average molecular weight is 273 g/mol. The van der Waals surface area contributed by atoms with E-state index in [9.17, 15) is 4.79 Å². The Labute approximate surface area is 115 Å². The molecule has 4 nitrogen and oxygen atoms in total. The SMILES string of the molecule is CNCCN(C)C(=O)C(OC)c1ccccc1.Cl. The van der Waals surface area contributed by atoms with Crippen molar-refractivity contribution < 1.29 is 9.53 Å². The molecule has 1 amide bonds. The van der Waals surface area contributed by atoms with Gasteiger partial charge in [-0.1, -0.05) is 30.3 Å². The Balaban J connectivity index is 0.00000289. The molecule has 1 atom stereocenters. The third-order valence-corrected chi connectivity index (χ3v) is 2.64. The fourth-order valence-electron chi connectivity index (χ4n) is 1.60. The van der Waals surface area contributed by atoms with Crippen molar-refractivity contribution in [2.24, 2.45) is 0 Å². The number of ether oxygens (including phenoxy) is 1. The Morgan fingerprint density at radius 1 is 1.39 bits per heavy atom. The zero-order chi connectivity index (χ0) is 12.7. The number of nitrogens with zero attached hydrogens (tertiary/aromatic N) is 1. The number of methoxy groups -OCH3 is 1. The summed E-state index contributed by atoms with van der Waals surface area (Å²) in [5, 5.41) is 3.02. The minimum Gasteiger partial charge on any atom is -0.367 e. The van der Waals surface area contributed by atoms with E-state index in [0.717, 1.165) is 12.1 Å². The summed E-state index contributed by atoms with van der Waals surface area (Å²) in [7, 11) is 5.21. The second-order valence-electron chi connectivity index (χ2n) is 3.89. The third kappa shape index (κ3) is 4.64. The molecule has 5 heteroatoms. The van der Waals surface area contributed by atoms with E-state index in [1.807, 2.05) is 37.4 Å². The number of hydrogen-bond donors (Lipinski definition) is 1. The van der Waals surface area contributed by atoms with Crippen molar-refractivity contribution in [1.82, 2.24) is 10.2 Å². The maximum absolute atomic E-state index is 12.2. The number of likely N-dealkylation sites (N-methyl/N-ethyl adjacent to an activating group) is 2. The van der Waals surface area contributed by atoms with Gasteiger partial charge in [0, 0.05) is 27.2 Å². The summed E-state index contributed by atoms with van der Waals surface area (Å²) in [4.78, 5) is 13.8. The molecule has 0 spiro atoms. The van der Waals surface area contributed by atoms with Crippen molar-refractivity contribution in [2.45, 2.75) is 6.10 Å². The third-order valence-electron chi connectivity index (χ3n) is 2.64. The fourth-order valence-corrected chi connectivity index (χ4v) is 1.60. The second kappa shape index (κ2) is 8.91. The molecule has 0 saturated heterocycles. The van der Waals surface area contributed by atoms with Crippen LogP contribution in [0.3, 0.4) is 0 Å². The largest absolute Gasteiger partial charge is 0.367 e. The zero-order valence-electron chi connectivity index (χ0n) is 11.1. The van der Waals surface area contributed by atoms with E-state index in [1.165, 1.54) is 0 Å². The van der Waals surface area contributed by atoms with E-state index >= 15 is 0 Å². The van der Waals surface area contributed by atoms with Crippen molar-refractivity contribution in [2.75, 3.05) is 34.3 Å². The lowest BCUT2D eigenvalue weighted by Gasteiger charge is -2.23. The smallest absolute Gasteiger partial charge is 0.256 e. The minimum atomic E-state index is -0.516. The van der Waals surface area contributed by atoms with Crippen LogP contribution in [0.5, 0.6) is 0 Å². The number of amides is 1. The van der Waals surface area contributed by atoms with Crippen LogP contribution in [0, 0.1) is 0 Å². The first kappa shape index (κ1) is 16.9. The lowest BCUT2D eigenvalue weighted by molar-refractivity contribution is -0.141. The van der Waals surface area contributed by atoms with Crippen LogP contribution in [0.25, 0.3) is 0 Å². The molecule has 0 fully saturated rings. The van der Waals surface area contributed by atoms with Gasteiger partial charge >= 0.3 is 0 Å². The van der Waals surface area contributed by atoms with Gasteiger partial charge < -0.3 is 15.0 Å². The van der Waals surface area contributed by atoms with Gasteiger partial charge in [-0.15, -0.1) is 12.4 Å². The molecule has 0 radical (unpaired) electrons. The van der Waals surface area contributed by atoms with Crippen LogP contribution in [-0.4, -0.2) is 45.1 Å². The van der Waals surface area contributed by atoms with E-state index in [2.05, 4.69) is 5.32 Å². The van der Waals surface area contributed by atoms with E-state index in [1.54, 1.807) is 19.1 Å². The number of carbonyl (C=O) groups is 1. The van der Waals surface area contributed by atoms with Crippen molar-refractivity contribution in [3.8, 4) is 0 Å². The number of rotatable bonds is 6. The molecule has 0 heterocycles. The van der Waals surface area contributed by atoms with Crippen LogP contribution < -0.4 is 5.32 Å². The van der Waals surface area contributed by atoms with Crippen molar-refractivity contribution in [1.29, 1.82) is 0 Å². The monoisotopic (exact) mass is 272 g/mol. The Hall–Kier alpha value is -1.10. The van der Waals surface area contributed by atoms with E-state index < -0.39 is 6.10 Å². The average Bonchev–Trinajstić information content (AvgIpc) is 2.38. The molecule has 0 aliphatic carbocycles. The molecule has 0 bridgehead atoms. The first-order valence-corrected chi connectivity index (χ1v) is 5.68.